The van der Waals surface area contributed by atoms with E-state index in [2.05, 4.69) is 0 Å². The van der Waals surface area contributed by atoms with E-state index < -0.39 is 0 Å². The Balaban J connectivity index is 2.27. The van der Waals surface area contributed by atoms with Gasteiger partial charge in [0.1, 0.15) is 0 Å². The Morgan fingerprint density at radius 2 is 2.21 bits per heavy atom. The van der Waals surface area contributed by atoms with Crippen molar-refractivity contribution in [1.29, 1.82) is 0 Å². The van der Waals surface area contributed by atoms with E-state index in [4.69, 9.17) is 11.6 Å². The van der Waals surface area contributed by atoms with Crippen LogP contribution in [0.25, 0.3) is 0 Å². The van der Waals surface area contributed by atoms with Crippen LogP contribution in [-0.2, 0) is 17.8 Å². The topological polar surface area (TPSA) is 20.3 Å². The van der Waals surface area contributed by atoms with Gasteiger partial charge in [0.15, 0.2) is 0 Å². The third kappa shape index (κ3) is 1.75. The molecule has 1 amide bonds. The third-order valence-electron chi connectivity index (χ3n) is 2.63. The van der Waals surface area contributed by atoms with Gasteiger partial charge in [0.05, 0.1) is 0 Å². The monoisotopic (exact) mass is 209 g/mol. The van der Waals surface area contributed by atoms with Crippen LogP contribution in [0.2, 0.25) is 5.02 Å². The molecule has 0 saturated carbocycles. The zero-order valence-electron chi connectivity index (χ0n) is 8.09. The van der Waals surface area contributed by atoms with Crippen LogP contribution in [0.1, 0.15) is 18.1 Å². The van der Waals surface area contributed by atoms with Gasteiger partial charge in [-0.1, -0.05) is 17.7 Å². The second-order valence-electron chi connectivity index (χ2n) is 3.60. The second-order valence-corrected chi connectivity index (χ2v) is 4.04. The highest BCUT2D eigenvalue weighted by atomic mass is 35.5. The second kappa shape index (κ2) is 3.62. The lowest BCUT2D eigenvalue weighted by Crippen LogP contribution is -2.34. The smallest absolute Gasteiger partial charge is 0.219 e. The summed E-state index contributed by atoms with van der Waals surface area (Å²) in [5.74, 6) is 0.144. The predicted octanol–water partition coefficient (Wildman–Crippen LogP) is 2.24. The van der Waals surface area contributed by atoms with E-state index in [9.17, 15) is 4.79 Å². The van der Waals surface area contributed by atoms with E-state index in [0.717, 1.165) is 24.5 Å². The van der Waals surface area contributed by atoms with Crippen LogP contribution in [0.15, 0.2) is 18.2 Å². The largest absolute Gasteiger partial charge is 0.338 e. The van der Waals surface area contributed by atoms with Gasteiger partial charge in [-0.25, -0.2) is 0 Å². The standard InChI is InChI=1S/C11H12ClNO/c1-8(14)13-5-4-9-6-11(12)3-2-10(9)7-13/h2-3,6H,4-5,7H2,1H3. The highest BCUT2D eigenvalue weighted by Crippen LogP contribution is 2.22. The molecule has 0 aliphatic carbocycles. The molecular weight excluding hydrogens is 198 g/mol. The van der Waals surface area contributed by atoms with Gasteiger partial charge in [0.2, 0.25) is 5.91 Å². The fraction of sp³-hybridized carbons (Fsp3) is 0.364. The Hall–Kier alpha value is -1.02. The zero-order valence-corrected chi connectivity index (χ0v) is 8.84. The molecule has 0 bridgehead atoms. The summed E-state index contributed by atoms with van der Waals surface area (Å²) in [6.07, 6.45) is 0.912. The molecule has 14 heavy (non-hydrogen) atoms. The van der Waals surface area contributed by atoms with Crippen LogP contribution in [0.3, 0.4) is 0 Å². The quantitative estimate of drug-likeness (QED) is 0.642. The van der Waals surface area contributed by atoms with Gasteiger partial charge in [0, 0.05) is 25.0 Å². The molecule has 2 rings (SSSR count). The van der Waals surface area contributed by atoms with Gasteiger partial charge in [-0.2, -0.15) is 0 Å². The van der Waals surface area contributed by atoms with Gasteiger partial charge < -0.3 is 4.90 Å². The molecule has 0 spiro atoms. The lowest BCUT2D eigenvalue weighted by Gasteiger charge is -2.27. The number of benzene rings is 1. The number of halogens is 1. The summed E-state index contributed by atoms with van der Waals surface area (Å²) in [6, 6.07) is 5.88. The summed E-state index contributed by atoms with van der Waals surface area (Å²) in [7, 11) is 0. The Morgan fingerprint density at radius 3 is 2.93 bits per heavy atom. The molecule has 0 radical (unpaired) electrons. The molecule has 1 aromatic rings. The zero-order chi connectivity index (χ0) is 10.1. The lowest BCUT2D eigenvalue weighted by molar-refractivity contribution is -0.129. The predicted molar refractivity (Wildman–Crippen MR) is 56.2 cm³/mol. The molecule has 3 heteroatoms. The van der Waals surface area contributed by atoms with Gasteiger partial charge in [-0.15, -0.1) is 0 Å². The van der Waals surface area contributed by atoms with Crippen molar-refractivity contribution in [3.63, 3.8) is 0 Å². The summed E-state index contributed by atoms with van der Waals surface area (Å²) in [4.78, 5) is 13.0. The Labute approximate surface area is 88.5 Å². The summed E-state index contributed by atoms with van der Waals surface area (Å²) < 4.78 is 0. The van der Waals surface area contributed by atoms with E-state index in [1.165, 1.54) is 11.1 Å². The van der Waals surface area contributed by atoms with Crippen LogP contribution >= 0.6 is 11.6 Å². The number of fused-ring (bicyclic) bond motifs is 1. The number of amides is 1. The van der Waals surface area contributed by atoms with Crippen LogP contribution in [0.4, 0.5) is 0 Å². The molecule has 0 N–H and O–H groups in total. The number of rotatable bonds is 0. The highest BCUT2D eigenvalue weighted by molar-refractivity contribution is 6.30. The molecule has 1 aliphatic rings. The molecule has 0 fully saturated rings. The van der Waals surface area contributed by atoms with Gasteiger partial charge in [-0.3, -0.25) is 4.79 Å². The van der Waals surface area contributed by atoms with Crippen LogP contribution < -0.4 is 0 Å². The van der Waals surface area contributed by atoms with E-state index in [-0.39, 0.29) is 5.91 Å². The highest BCUT2D eigenvalue weighted by Gasteiger charge is 2.17. The van der Waals surface area contributed by atoms with Crippen molar-refractivity contribution >= 4 is 17.5 Å². The number of nitrogens with zero attached hydrogens (tertiary/aromatic N) is 1. The minimum atomic E-state index is 0.144. The van der Waals surface area contributed by atoms with E-state index in [1.807, 2.05) is 23.1 Å². The van der Waals surface area contributed by atoms with E-state index in [0.29, 0.717) is 0 Å². The summed E-state index contributed by atoms with van der Waals surface area (Å²) in [5.41, 5.74) is 2.49. The lowest BCUT2D eigenvalue weighted by atomic mass is 10.00. The fourth-order valence-corrected chi connectivity index (χ4v) is 1.99. The first-order chi connectivity index (χ1) is 6.66. The SMILES string of the molecule is CC(=O)N1CCc2cc(Cl)ccc2C1. The van der Waals surface area contributed by atoms with Gasteiger partial charge in [-0.05, 0) is 29.7 Å². The molecular formula is C11H12ClNO. The van der Waals surface area contributed by atoms with Gasteiger partial charge in [0.25, 0.3) is 0 Å². The fourth-order valence-electron chi connectivity index (χ4n) is 1.79. The molecule has 0 aromatic heterocycles. The van der Waals surface area contributed by atoms with Crippen molar-refractivity contribution in [2.75, 3.05) is 6.54 Å². The van der Waals surface area contributed by atoms with Crippen molar-refractivity contribution < 1.29 is 4.79 Å². The first-order valence-electron chi connectivity index (χ1n) is 4.69. The number of hydrogen-bond acceptors (Lipinski definition) is 1. The number of carbonyl (C=O) groups is 1. The molecule has 1 aliphatic heterocycles. The van der Waals surface area contributed by atoms with E-state index in [1.54, 1.807) is 6.92 Å². The van der Waals surface area contributed by atoms with Crippen LogP contribution in [0, 0.1) is 0 Å². The molecule has 2 nitrogen and oxygen atoms in total. The third-order valence-corrected chi connectivity index (χ3v) is 2.86. The Kier molecular flexibility index (Phi) is 2.46. The van der Waals surface area contributed by atoms with Crippen LogP contribution in [0.5, 0.6) is 0 Å². The Bertz CT molecular complexity index is 376. The maximum Gasteiger partial charge on any atom is 0.219 e. The maximum absolute atomic E-state index is 11.2. The molecule has 0 unspecified atom stereocenters. The normalized spacial score (nSPS) is 15.1. The van der Waals surface area contributed by atoms with E-state index >= 15 is 0 Å². The molecule has 0 saturated heterocycles. The Morgan fingerprint density at radius 1 is 1.43 bits per heavy atom. The number of carbonyl (C=O) groups excluding carboxylic acids is 1. The molecule has 1 aromatic carbocycles. The molecule has 74 valence electrons. The summed E-state index contributed by atoms with van der Waals surface area (Å²) in [5, 5.41) is 0.778. The first-order valence-corrected chi connectivity index (χ1v) is 5.07. The van der Waals surface area contributed by atoms with Crippen LogP contribution in [-0.4, -0.2) is 17.4 Å². The average molecular weight is 210 g/mol. The van der Waals surface area contributed by atoms with Crippen molar-refractivity contribution in [3.05, 3.63) is 34.3 Å². The maximum atomic E-state index is 11.2. The molecule has 1 heterocycles. The summed E-state index contributed by atoms with van der Waals surface area (Å²) >= 11 is 5.90. The summed E-state index contributed by atoms with van der Waals surface area (Å²) in [6.45, 7) is 3.14. The van der Waals surface area contributed by atoms with Crippen molar-refractivity contribution in [3.8, 4) is 0 Å². The van der Waals surface area contributed by atoms with Crippen molar-refractivity contribution in [2.24, 2.45) is 0 Å². The minimum Gasteiger partial charge on any atom is -0.338 e. The minimum absolute atomic E-state index is 0.144. The molecule has 0 atom stereocenters. The van der Waals surface area contributed by atoms with Crippen molar-refractivity contribution in [1.82, 2.24) is 4.90 Å². The average Bonchev–Trinajstić information content (AvgIpc) is 2.16. The van der Waals surface area contributed by atoms with Gasteiger partial charge >= 0.3 is 0 Å². The first kappa shape index (κ1) is 9.53. The van der Waals surface area contributed by atoms with Crippen molar-refractivity contribution in [2.45, 2.75) is 19.9 Å². The number of hydrogen-bond donors (Lipinski definition) is 0.